The number of hydrogen-bond donors (Lipinski definition) is 2. The van der Waals surface area contributed by atoms with Crippen LogP contribution in [-0.4, -0.2) is 30.8 Å². The van der Waals surface area contributed by atoms with Crippen molar-refractivity contribution in [3.63, 3.8) is 0 Å². The van der Waals surface area contributed by atoms with Gasteiger partial charge < -0.3 is 10.1 Å². The van der Waals surface area contributed by atoms with Crippen LogP contribution in [0.1, 0.15) is 31.4 Å². The summed E-state index contributed by atoms with van der Waals surface area (Å²) in [6.45, 7) is 3.92. The van der Waals surface area contributed by atoms with Crippen LogP contribution in [-0.2, 0) is 10.9 Å². The molecule has 6 nitrogen and oxygen atoms in total. The highest BCUT2D eigenvalue weighted by molar-refractivity contribution is 6.04. The van der Waals surface area contributed by atoms with Crippen LogP contribution < -0.4 is 10.7 Å². The Labute approximate surface area is 142 Å². The zero-order chi connectivity index (χ0) is 18.2. The van der Waals surface area contributed by atoms with Crippen molar-refractivity contribution in [1.29, 1.82) is 0 Å². The topological polar surface area (TPSA) is 75.1 Å². The standard InChI is InChI=1S/C16H17F3N4O2/c1-15(2)6-13(15)21-8-20-11-4-3-9(5-10(11)16(17,18)19)12-7-25-14(24)23-22-12/h3-5,8,13H,6-7H2,1-2H3,(H,20,21)(H,23,24). The number of ether oxygens (including phenoxy) is 1. The highest BCUT2D eigenvalue weighted by Gasteiger charge is 2.45. The monoisotopic (exact) mass is 354 g/mol. The lowest BCUT2D eigenvalue weighted by Crippen LogP contribution is -2.30. The SMILES string of the molecule is CC1(C)CC1N=CNc1ccc(C2=NNC(=O)OC2)cc1C(F)(F)F. The molecule has 1 aromatic carbocycles. The molecule has 25 heavy (non-hydrogen) atoms. The molecule has 0 spiro atoms. The maximum atomic E-state index is 13.4. The molecular formula is C16H17F3N4O2. The first-order chi connectivity index (χ1) is 11.7. The van der Waals surface area contributed by atoms with E-state index in [9.17, 15) is 18.0 Å². The predicted octanol–water partition coefficient (Wildman–Crippen LogP) is 3.39. The Balaban J connectivity index is 1.82. The van der Waals surface area contributed by atoms with Gasteiger partial charge in [0.2, 0.25) is 0 Å². The van der Waals surface area contributed by atoms with Crippen molar-refractivity contribution in [3.8, 4) is 0 Å². The summed E-state index contributed by atoms with van der Waals surface area (Å²) in [6.07, 6.45) is -3.06. The van der Waals surface area contributed by atoms with E-state index in [1.54, 1.807) is 0 Å². The van der Waals surface area contributed by atoms with Crippen LogP contribution in [0.2, 0.25) is 0 Å². The van der Waals surface area contributed by atoms with Crippen LogP contribution in [0.4, 0.5) is 23.7 Å². The first-order valence-electron chi connectivity index (χ1n) is 7.66. The van der Waals surface area contributed by atoms with Crippen molar-refractivity contribution in [1.82, 2.24) is 5.43 Å². The van der Waals surface area contributed by atoms with E-state index in [0.717, 1.165) is 12.5 Å². The number of anilines is 1. The van der Waals surface area contributed by atoms with Gasteiger partial charge >= 0.3 is 12.3 Å². The molecule has 0 radical (unpaired) electrons. The number of carbonyl (C=O) groups excluding carboxylic acids is 1. The molecule has 1 heterocycles. The Morgan fingerprint density at radius 1 is 1.44 bits per heavy atom. The minimum atomic E-state index is -4.55. The van der Waals surface area contributed by atoms with E-state index in [4.69, 9.17) is 4.74 Å². The zero-order valence-corrected chi connectivity index (χ0v) is 13.6. The number of halogens is 3. The molecule has 0 aromatic heterocycles. The lowest BCUT2D eigenvalue weighted by atomic mass is 10.0. The number of carbonyl (C=O) groups is 1. The maximum Gasteiger partial charge on any atom is 0.428 e. The highest BCUT2D eigenvalue weighted by Crippen LogP contribution is 2.47. The molecule has 1 aromatic rings. The third-order valence-corrected chi connectivity index (χ3v) is 4.22. The van der Waals surface area contributed by atoms with Gasteiger partial charge in [-0.15, -0.1) is 0 Å². The van der Waals surface area contributed by atoms with Crippen molar-refractivity contribution < 1.29 is 22.7 Å². The van der Waals surface area contributed by atoms with E-state index in [0.29, 0.717) is 0 Å². The lowest BCUT2D eigenvalue weighted by Gasteiger charge is -2.17. The summed E-state index contributed by atoms with van der Waals surface area (Å²) in [7, 11) is 0. The van der Waals surface area contributed by atoms with Gasteiger partial charge in [0.15, 0.2) is 0 Å². The molecule has 0 saturated heterocycles. The molecule has 1 atom stereocenters. The van der Waals surface area contributed by atoms with Gasteiger partial charge in [-0.3, -0.25) is 4.99 Å². The Hall–Kier alpha value is -2.58. The second-order valence-corrected chi connectivity index (χ2v) is 6.64. The molecule has 3 rings (SSSR count). The predicted molar refractivity (Wildman–Crippen MR) is 86.8 cm³/mol. The number of benzene rings is 1. The fourth-order valence-corrected chi connectivity index (χ4v) is 2.43. The lowest BCUT2D eigenvalue weighted by molar-refractivity contribution is -0.136. The molecule has 134 valence electrons. The van der Waals surface area contributed by atoms with E-state index in [2.05, 4.69) is 34.7 Å². The van der Waals surface area contributed by atoms with E-state index in [1.807, 2.05) is 0 Å². The number of rotatable bonds is 4. The van der Waals surface area contributed by atoms with Gasteiger partial charge in [-0.2, -0.15) is 18.3 Å². The average Bonchev–Trinajstić information content (AvgIpc) is 3.14. The summed E-state index contributed by atoms with van der Waals surface area (Å²) in [5, 5.41) is 6.33. The summed E-state index contributed by atoms with van der Waals surface area (Å²) in [4.78, 5) is 15.1. The van der Waals surface area contributed by atoms with Crippen molar-refractivity contribution in [3.05, 3.63) is 29.3 Å². The molecular weight excluding hydrogens is 337 g/mol. The molecule has 0 bridgehead atoms. The van der Waals surface area contributed by atoms with Crippen LogP contribution >= 0.6 is 0 Å². The van der Waals surface area contributed by atoms with Gasteiger partial charge in [-0.05, 0) is 24.0 Å². The highest BCUT2D eigenvalue weighted by atomic mass is 19.4. The molecule has 2 aliphatic rings. The van der Waals surface area contributed by atoms with Crippen molar-refractivity contribution in [2.45, 2.75) is 32.5 Å². The van der Waals surface area contributed by atoms with Crippen LogP contribution in [0.3, 0.4) is 0 Å². The molecule has 1 unspecified atom stereocenters. The second-order valence-electron chi connectivity index (χ2n) is 6.64. The van der Waals surface area contributed by atoms with Crippen LogP contribution in [0.25, 0.3) is 0 Å². The van der Waals surface area contributed by atoms with E-state index in [1.165, 1.54) is 18.5 Å². The van der Waals surface area contributed by atoms with Crippen molar-refractivity contribution in [2.75, 3.05) is 11.9 Å². The maximum absolute atomic E-state index is 13.4. The fourth-order valence-electron chi connectivity index (χ4n) is 2.43. The van der Waals surface area contributed by atoms with Gasteiger partial charge in [-0.1, -0.05) is 19.9 Å². The average molecular weight is 354 g/mol. The number of hydrazone groups is 1. The number of hydrogen-bond acceptors (Lipinski definition) is 4. The molecule has 1 fully saturated rings. The Morgan fingerprint density at radius 2 is 2.16 bits per heavy atom. The first-order valence-corrected chi connectivity index (χ1v) is 7.66. The van der Waals surface area contributed by atoms with Gasteiger partial charge in [0.25, 0.3) is 0 Å². The van der Waals surface area contributed by atoms with Crippen LogP contribution in [0, 0.1) is 5.41 Å². The zero-order valence-electron chi connectivity index (χ0n) is 13.6. The molecule has 1 aliphatic carbocycles. The van der Waals surface area contributed by atoms with Gasteiger partial charge in [0.05, 0.1) is 23.6 Å². The second kappa shape index (κ2) is 6.05. The van der Waals surface area contributed by atoms with Crippen molar-refractivity contribution in [2.24, 2.45) is 15.5 Å². The smallest absolute Gasteiger partial charge is 0.428 e. The molecule has 1 amide bonds. The largest absolute Gasteiger partial charge is 0.442 e. The third kappa shape index (κ3) is 3.92. The summed E-state index contributed by atoms with van der Waals surface area (Å²) >= 11 is 0. The third-order valence-electron chi connectivity index (χ3n) is 4.22. The van der Waals surface area contributed by atoms with Gasteiger partial charge in [0, 0.05) is 5.56 Å². The van der Waals surface area contributed by atoms with Crippen LogP contribution in [0.5, 0.6) is 0 Å². The van der Waals surface area contributed by atoms with E-state index >= 15 is 0 Å². The summed E-state index contributed by atoms with van der Waals surface area (Å²) in [5.41, 5.74) is 1.68. The number of nitrogens with one attached hydrogen (secondary N) is 2. The molecule has 9 heteroatoms. The Bertz CT molecular complexity index is 756. The molecule has 1 aliphatic heterocycles. The number of cyclic esters (lactones) is 1. The summed E-state index contributed by atoms with van der Waals surface area (Å²) < 4.78 is 44.8. The number of aliphatic imine (C=N–C) groups is 1. The number of amides is 1. The minimum absolute atomic E-state index is 0.0974. The van der Waals surface area contributed by atoms with E-state index in [-0.39, 0.29) is 35.0 Å². The van der Waals surface area contributed by atoms with Crippen LogP contribution in [0.15, 0.2) is 28.3 Å². The Morgan fingerprint density at radius 3 is 2.72 bits per heavy atom. The fraction of sp³-hybridized carbons (Fsp3) is 0.438. The summed E-state index contributed by atoms with van der Waals surface area (Å²) in [6, 6.07) is 3.88. The molecule has 2 N–H and O–H groups in total. The normalized spacial score (nSPS) is 22.2. The van der Waals surface area contributed by atoms with Gasteiger partial charge in [0.1, 0.15) is 12.3 Å². The quantitative estimate of drug-likeness (QED) is 0.643. The first kappa shape index (κ1) is 17.2. The molecule has 1 saturated carbocycles. The van der Waals surface area contributed by atoms with Gasteiger partial charge in [-0.25, -0.2) is 10.2 Å². The van der Waals surface area contributed by atoms with E-state index < -0.39 is 17.8 Å². The Kier molecular flexibility index (Phi) is 4.18. The van der Waals surface area contributed by atoms with Crippen molar-refractivity contribution >= 4 is 23.8 Å². The number of alkyl halides is 3. The minimum Gasteiger partial charge on any atom is -0.442 e. The summed E-state index contributed by atoms with van der Waals surface area (Å²) in [5.74, 6) is 0. The number of nitrogens with zero attached hydrogens (tertiary/aromatic N) is 2.